The number of urea groups is 3. The maximum atomic E-state index is 13.7. The van der Waals surface area contributed by atoms with Crippen molar-refractivity contribution in [1.82, 2.24) is 89.2 Å². The van der Waals surface area contributed by atoms with Crippen molar-refractivity contribution in [1.29, 1.82) is 0 Å². The van der Waals surface area contributed by atoms with E-state index < -0.39 is 164 Å². The maximum absolute atomic E-state index is 13.7. The number of ether oxygens (including phenoxy) is 9. The molecule has 18 atom stereocenters. The average molecular weight is 1610 g/mol. The summed E-state index contributed by atoms with van der Waals surface area (Å²) < 4.78 is 61.2. The van der Waals surface area contributed by atoms with Crippen LogP contribution in [-0.4, -0.2) is 255 Å². The third-order valence-electron chi connectivity index (χ3n) is 21.3. The van der Waals surface area contributed by atoms with Crippen LogP contribution in [0.3, 0.4) is 0 Å². The smallest absolute Gasteiger partial charge is 0.326 e. The van der Waals surface area contributed by atoms with Gasteiger partial charge in [-0.05, 0) is 59.3 Å². The van der Waals surface area contributed by atoms with Gasteiger partial charge in [-0.25, -0.2) is 73.6 Å². The zero-order valence-electron chi connectivity index (χ0n) is 62.9. The van der Waals surface area contributed by atoms with Crippen molar-refractivity contribution in [2.24, 2.45) is 0 Å². The summed E-state index contributed by atoms with van der Waals surface area (Å²) in [5, 5.41) is 44.8. The number of likely N-dealkylation sites (tertiary alicyclic amines) is 3. The van der Waals surface area contributed by atoms with Gasteiger partial charge in [0.2, 0.25) is 0 Å². The quantitative estimate of drug-likeness (QED) is 0.0579. The summed E-state index contributed by atoms with van der Waals surface area (Å²) in [4.78, 5) is 155. The van der Waals surface area contributed by atoms with Gasteiger partial charge in [-0.1, -0.05) is 91.0 Å². The molecule has 6 aromatic heterocycles. The molecule has 9 fully saturated rings. The van der Waals surface area contributed by atoms with Gasteiger partial charge in [0.25, 0.3) is 17.7 Å². The number of hydrogen-bond acceptors (Lipinski definition) is 27. The second-order valence-electron chi connectivity index (χ2n) is 28.3. The highest BCUT2D eigenvalue weighted by atomic mass is 16.8. The van der Waals surface area contributed by atoms with Gasteiger partial charge in [-0.3, -0.25) is 44.0 Å². The summed E-state index contributed by atoms with van der Waals surface area (Å²) in [6.45, 7) is 7.63. The van der Waals surface area contributed by atoms with Gasteiger partial charge in [-0.15, -0.1) is 0 Å². The van der Waals surface area contributed by atoms with Crippen LogP contribution in [0.5, 0.6) is 0 Å². The number of fused-ring (bicyclic) bond motifs is 6. The second kappa shape index (κ2) is 33.8. The Bertz CT molecular complexity index is 4700. The molecule has 0 saturated carbocycles. The van der Waals surface area contributed by atoms with E-state index in [2.05, 4.69) is 76.8 Å². The molecule has 9 aliphatic heterocycles. The van der Waals surface area contributed by atoms with E-state index >= 15 is 0 Å². The molecule has 3 aromatic carbocycles. The minimum atomic E-state index is -1.11. The number of benzene rings is 3. The standard InChI is InChI=1S/3C25H27N7O7/c3*1-2-26-25(36)30-19-15-20(28-11-27-19)32(12-29-15)22-18-16(38-24(39-18)13-7-4-3-5-8-13)17(37-22)21(33)31-10-6-9-14(31)23(34)35/h3*3-5,7-8,11-12,14,16-18,22,24H,2,6,9-10H2,1H3,(H,34,35)(H2,26,27,28,30,36)/t14?,16?,17?,18?,22?,24-;14-,16?,17?,18?,22?,24+;14-,16?,17?,18?,22?,24-/m000/s1. The lowest BCUT2D eigenvalue weighted by molar-refractivity contribution is -0.171. The number of rotatable bonds is 18. The minimum absolute atomic E-state index is 0.207. The molecule has 0 aliphatic carbocycles. The fraction of sp³-hybridized carbons (Fsp3) is 0.440. The van der Waals surface area contributed by atoms with Crippen LogP contribution in [0.25, 0.3) is 33.5 Å². The van der Waals surface area contributed by atoms with Crippen LogP contribution < -0.4 is 31.9 Å². The SMILES string of the molecule is CCNC(=O)Nc1ncnc2c1ncn2C1OC(C(=O)N2CCCC2C(=O)O)C2O[C@H](c3ccccc3)OC21.CCNC(=O)Nc1ncnc2c1ncn2C1OC(C(=O)N2CCC[C@H]2C(=O)O)C2O[C@@H](c3ccccc3)OC21.CCNC(=O)Nc1ncnc2c1ncn2C1OC(C(=O)N2CCC[C@H]2C(=O)O)C2O[C@H](c3ccccc3)OC21. The Morgan fingerprint density at radius 2 is 0.624 bits per heavy atom. The highest BCUT2D eigenvalue weighted by molar-refractivity contribution is 5.98. The molecular weight excluding hydrogens is 1530 g/mol. The van der Waals surface area contributed by atoms with Gasteiger partial charge >= 0.3 is 36.0 Å². The molecule has 42 nitrogen and oxygen atoms in total. The van der Waals surface area contributed by atoms with Crippen LogP contribution in [-0.2, 0) is 71.4 Å². The summed E-state index contributed by atoms with van der Waals surface area (Å²) in [6.07, 6.45) is -1.67. The van der Waals surface area contributed by atoms with Crippen molar-refractivity contribution in [3.05, 3.63) is 146 Å². The Hall–Kier alpha value is -12.4. The molecule has 9 aliphatic rings. The first-order chi connectivity index (χ1) is 56.9. The fourth-order valence-electron chi connectivity index (χ4n) is 16.0. The molecule has 9 amide bonds. The van der Waals surface area contributed by atoms with Crippen molar-refractivity contribution >= 4 is 105 Å². The third kappa shape index (κ3) is 15.4. The van der Waals surface area contributed by atoms with Gasteiger partial charge in [0, 0.05) is 56.0 Å². The molecule has 18 rings (SSSR count). The summed E-state index contributed by atoms with van der Waals surface area (Å²) in [5.41, 5.74) is 4.33. The van der Waals surface area contributed by atoms with E-state index in [-0.39, 0.29) is 17.5 Å². The monoisotopic (exact) mass is 1610 g/mol. The van der Waals surface area contributed by atoms with E-state index in [0.717, 1.165) is 16.7 Å². The zero-order valence-corrected chi connectivity index (χ0v) is 62.9. The van der Waals surface area contributed by atoms with Crippen molar-refractivity contribution in [3.8, 4) is 0 Å². The normalized spacial score (nSPS) is 28.0. The Morgan fingerprint density at radius 1 is 0.359 bits per heavy atom. The van der Waals surface area contributed by atoms with E-state index in [1.54, 1.807) is 34.5 Å². The first-order valence-electron chi connectivity index (χ1n) is 38.2. The first-order valence-corrected chi connectivity index (χ1v) is 38.2. The third-order valence-corrected chi connectivity index (χ3v) is 21.3. The molecule has 15 heterocycles. The summed E-state index contributed by atoms with van der Waals surface area (Å²) in [5.74, 6) is -3.93. The summed E-state index contributed by atoms with van der Waals surface area (Å²) in [6, 6.07) is 23.9. The van der Waals surface area contributed by atoms with Gasteiger partial charge in [0.15, 0.2) is 107 Å². The van der Waals surface area contributed by atoms with Crippen LogP contribution >= 0.6 is 0 Å². The lowest BCUT2D eigenvalue weighted by Gasteiger charge is -2.27. The maximum Gasteiger partial charge on any atom is 0.326 e. The summed E-state index contributed by atoms with van der Waals surface area (Å²) in [7, 11) is 0. The number of carbonyl (C=O) groups is 9. The zero-order chi connectivity index (χ0) is 81.3. The lowest BCUT2D eigenvalue weighted by Crippen LogP contribution is -2.49. The van der Waals surface area contributed by atoms with Crippen molar-refractivity contribution in [2.75, 3.05) is 55.2 Å². The van der Waals surface area contributed by atoms with E-state index in [1.165, 1.54) is 52.7 Å². The van der Waals surface area contributed by atoms with Crippen LogP contribution in [0.4, 0.5) is 31.8 Å². The van der Waals surface area contributed by atoms with Crippen molar-refractivity contribution in [2.45, 2.75) is 170 Å². The molecule has 9 aromatic rings. The van der Waals surface area contributed by atoms with Gasteiger partial charge < -0.3 is 88.6 Å². The molecule has 13 unspecified atom stereocenters. The molecule has 0 spiro atoms. The molecule has 117 heavy (non-hydrogen) atoms. The van der Waals surface area contributed by atoms with E-state index in [9.17, 15) is 58.5 Å². The number of carbonyl (C=O) groups excluding carboxylic acids is 6. The molecular formula is C75H81N21O21. The molecule has 9 N–H and O–H groups in total. The van der Waals surface area contributed by atoms with Crippen LogP contribution in [0.15, 0.2) is 129 Å². The lowest BCUT2D eigenvalue weighted by atomic mass is 10.1. The topological polar surface area (TPSA) is 510 Å². The minimum Gasteiger partial charge on any atom is -0.480 e. The number of hydrogen-bond donors (Lipinski definition) is 9. The number of aromatic nitrogens is 12. The number of anilines is 3. The fourth-order valence-corrected chi connectivity index (χ4v) is 16.0. The second-order valence-corrected chi connectivity index (χ2v) is 28.3. The number of imidazole rings is 3. The van der Waals surface area contributed by atoms with Crippen LogP contribution in [0, 0.1) is 0 Å². The number of carboxylic acid groups (broad SMARTS) is 3. The number of aliphatic carboxylic acids is 3. The largest absolute Gasteiger partial charge is 0.480 e. The number of carboxylic acids is 3. The van der Waals surface area contributed by atoms with Gasteiger partial charge in [-0.2, -0.15) is 0 Å². The number of nitrogens with zero attached hydrogens (tertiary/aromatic N) is 15. The Morgan fingerprint density at radius 3 is 0.880 bits per heavy atom. The molecule has 42 heteroatoms. The predicted octanol–water partition coefficient (Wildman–Crippen LogP) is 4.27. The highest BCUT2D eigenvalue weighted by Gasteiger charge is 2.62. The van der Waals surface area contributed by atoms with E-state index in [1.807, 2.05) is 91.0 Å². The molecule has 612 valence electrons. The van der Waals surface area contributed by atoms with E-state index in [4.69, 9.17) is 42.6 Å². The van der Waals surface area contributed by atoms with Gasteiger partial charge in [0.05, 0.1) is 19.0 Å². The van der Waals surface area contributed by atoms with Crippen molar-refractivity contribution < 1.29 is 101 Å². The van der Waals surface area contributed by atoms with E-state index in [0.29, 0.717) is 111 Å². The number of amides is 9. The van der Waals surface area contributed by atoms with Crippen LogP contribution in [0.1, 0.15) is 114 Å². The molecule has 9 saturated heterocycles. The van der Waals surface area contributed by atoms with Crippen molar-refractivity contribution in [3.63, 3.8) is 0 Å². The Kier molecular flexibility index (Phi) is 22.7. The Balaban J connectivity index is 0.000000131. The first kappa shape index (κ1) is 78.5. The Labute approximate surface area is 663 Å². The average Bonchev–Trinajstić information content (AvgIpc) is 1.59. The van der Waals surface area contributed by atoms with Crippen LogP contribution in [0.2, 0.25) is 0 Å². The number of nitrogens with one attached hydrogen (secondary N) is 6. The predicted molar refractivity (Wildman–Crippen MR) is 400 cm³/mol. The summed E-state index contributed by atoms with van der Waals surface area (Å²) >= 11 is 0. The molecule has 0 bridgehead atoms. The molecule has 0 radical (unpaired) electrons. The highest BCUT2D eigenvalue weighted by Crippen LogP contribution is 2.50. The van der Waals surface area contributed by atoms with Gasteiger partial charge in [0.1, 0.15) is 73.7 Å².